The highest BCUT2D eigenvalue weighted by Crippen LogP contribution is 2.30. The van der Waals surface area contributed by atoms with Crippen molar-refractivity contribution in [3.8, 4) is 0 Å². The Kier molecular flexibility index (Phi) is 6.53. The van der Waals surface area contributed by atoms with Gasteiger partial charge in [-0.1, -0.05) is 29.3 Å². The lowest BCUT2D eigenvalue weighted by molar-refractivity contribution is -0.384. The lowest BCUT2D eigenvalue weighted by Crippen LogP contribution is -2.28. The molecule has 2 amide bonds. The van der Waals surface area contributed by atoms with Gasteiger partial charge in [0.25, 0.3) is 11.6 Å². The van der Waals surface area contributed by atoms with Crippen molar-refractivity contribution in [3.05, 3.63) is 62.6 Å². The molecule has 2 aromatic carbocycles. The molecule has 0 saturated carbocycles. The smallest absolute Gasteiger partial charge is 0.311 e. The molecule has 0 aromatic heterocycles. The molecule has 0 aliphatic carbocycles. The van der Waals surface area contributed by atoms with Crippen molar-refractivity contribution in [1.82, 2.24) is 0 Å². The predicted molar refractivity (Wildman–Crippen MR) is 110 cm³/mol. The summed E-state index contributed by atoms with van der Waals surface area (Å²) >= 11 is 11.9. The second-order valence-corrected chi connectivity index (χ2v) is 7.22. The van der Waals surface area contributed by atoms with Crippen LogP contribution in [0.1, 0.15) is 6.42 Å². The van der Waals surface area contributed by atoms with Crippen LogP contribution in [-0.2, 0) is 19.1 Å². The number of ether oxygens (including phenoxy) is 1. The van der Waals surface area contributed by atoms with E-state index in [1.165, 1.54) is 29.2 Å². The number of nitro groups is 1. The van der Waals surface area contributed by atoms with Crippen LogP contribution in [0, 0.1) is 16.0 Å². The Bertz CT molecular complexity index is 1010. The fraction of sp³-hybridized carbons (Fsp3) is 0.211. The summed E-state index contributed by atoms with van der Waals surface area (Å²) in [5, 5.41) is 13.7. The zero-order chi connectivity index (χ0) is 21.8. The maximum absolute atomic E-state index is 12.3. The standard InChI is InChI=1S/C19H15Cl2N3O6/c20-14-2-1-3-15(18(14)21)22-16(25)10-30-19(27)11-8-17(26)23(9-11)12-4-6-13(7-5-12)24(28)29/h1-7,11H,8-10H2,(H,22,25)/t11-/m0/s1. The Morgan fingerprint density at radius 2 is 1.90 bits per heavy atom. The van der Waals surface area contributed by atoms with Crippen LogP contribution < -0.4 is 10.2 Å². The Labute approximate surface area is 180 Å². The van der Waals surface area contributed by atoms with Gasteiger partial charge in [-0.3, -0.25) is 24.5 Å². The van der Waals surface area contributed by atoms with Crippen LogP contribution in [0.25, 0.3) is 0 Å². The van der Waals surface area contributed by atoms with Crippen molar-refractivity contribution >= 4 is 58.0 Å². The van der Waals surface area contributed by atoms with Crippen molar-refractivity contribution in [1.29, 1.82) is 0 Å². The molecule has 11 heteroatoms. The van der Waals surface area contributed by atoms with E-state index in [1.807, 2.05) is 0 Å². The third-order valence-corrected chi connectivity index (χ3v) is 5.22. The third kappa shape index (κ3) is 4.87. The fourth-order valence-corrected chi connectivity index (χ4v) is 3.26. The summed E-state index contributed by atoms with van der Waals surface area (Å²) in [5.74, 6) is -2.37. The summed E-state index contributed by atoms with van der Waals surface area (Å²) in [6, 6.07) is 10.1. The van der Waals surface area contributed by atoms with E-state index >= 15 is 0 Å². The molecule has 2 aromatic rings. The minimum atomic E-state index is -0.754. The van der Waals surface area contributed by atoms with Gasteiger partial charge < -0.3 is 15.0 Å². The molecule has 156 valence electrons. The minimum absolute atomic E-state index is 0.0528. The molecule has 0 unspecified atom stereocenters. The SMILES string of the molecule is O=C(COC(=O)[C@H]1CC(=O)N(c2ccc([N+](=O)[O-])cc2)C1)Nc1cccc(Cl)c1Cl. The highest BCUT2D eigenvalue weighted by molar-refractivity contribution is 6.44. The van der Waals surface area contributed by atoms with Crippen LogP contribution >= 0.6 is 23.2 Å². The number of amides is 2. The van der Waals surface area contributed by atoms with Gasteiger partial charge in [-0.05, 0) is 24.3 Å². The highest BCUT2D eigenvalue weighted by Gasteiger charge is 2.36. The summed E-state index contributed by atoms with van der Waals surface area (Å²) in [4.78, 5) is 48.1. The van der Waals surface area contributed by atoms with E-state index < -0.39 is 29.3 Å². The molecule has 0 bridgehead atoms. The molecule has 1 atom stereocenters. The normalized spacial score (nSPS) is 15.7. The molecular formula is C19H15Cl2N3O6. The van der Waals surface area contributed by atoms with Crippen LogP contribution in [0.15, 0.2) is 42.5 Å². The van der Waals surface area contributed by atoms with Gasteiger partial charge in [0.15, 0.2) is 6.61 Å². The van der Waals surface area contributed by atoms with Gasteiger partial charge in [0, 0.05) is 30.8 Å². The first-order valence-electron chi connectivity index (χ1n) is 8.71. The van der Waals surface area contributed by atoms with Crippen LogP contribution in [0.5, 0.6) is 0 Å². The number of rotatable bonds is 6. The maximum Gasteiger partial charge on any atom is 0.311 e. The summed E-state index contributed by atoms with van der Waals surface area (Å²) in [7, 11) is 0. The van der Waals surface area contributed by atoms with E-state index in [-0.39, 0.29) is 40.3 Å². The average Bonchev–Trinajstić information content (AvgIpc) is 3.11. The Morgan fingerprint density at radius 1 is 1.20 bits per heavy atom. The number of carbonyl (C=O) groups excluding carboxylic acids is 3. The van der Waals surface area contributed by atoms with Gasteiger partial charge in [-0.15, -0.1) is 0 Å². The number of nitrogens with zero attached hydrogens (tertiary/aromatic N) is 2. The molecule has 0 spiro atoms. The lowest BCUT2D eigenvalue weighted by Gasteiger charge is -2.16. The van der Waals surface area contributed by atoms with Gasteiger partial charge in [0.2, 0.25) is 5.91 Å². The molecule has 1 N–H and O–H groups in total. The molecular weight excluding hydrogens is 437 g/mol. The number of esters is 1. The van der Waals surface area contributed by atoms with Gasteiger partial charge in [-0.25, -0.2) is 0 Å². The van der Waals surface area contributed by atoms with Crippen molar-refractivity contribution in [2.75, 3.05) is 23.4 Å². The zero-order valence-corrected chi connectivity index (χ0v) is 16.9. The van der Waals surface area contributed by atoms with Crippen molar-refractivity contribution in [3.63, 3.8) is 0 Å². The average molecular weight is 452 g/mol. The molecule has 1 aliphatic heterocycles. The first-order valence-corrected chi connectivity index (χ1v) is 9.47. The molecule has 9 nitrogen and oxygen atoms in total. The first kappa shape index (κ1) is 21.5. The number of anilines is 2. The van der Waals surface area contributed by atoms with Crippen LogP contribution in [0.2, 0.25) is 10.0 Å². The number of nitrogens with one attached hydrogen (secondary N) is 1. The topological polar surface area (TPSA) is 119 Å². The molecule has 1 fully saturated rings. The largest absolute Gasteiger partial charge is 0.455 e. The summed E-state index contributed by atoms with van der Waals surface area (Å²) in [6.45, 7) is -0.499. The van der Waals surface area contributed by atoms with E-state index in [2.05, 4.69) is 5.32 Å². The first-order chi connectivity index (χ1) is 14.3. The number of benzene rings is 2. The molecule has 0 radical (unpaired) electrons. The van der Waals surface area contributed by atoms with Crippen molar-refractivity contribution in [2.24, 2.45) is 5.92 Å². The predicted octanol–water partition coefficient (Wildman–Crippen LogP) is 3.44. The van der Waals surface area contributed by atoms with Crippen molar-refractivity contribution in [2.45, 2.75) is 6.42 Å². The van der Waals surface area contributed by atoms with E-state index in [1.54, 1.807) is 18.2 Å². The fourth-order valence-electron chi connectivity index (χ4n) is 2.91. The summed E-state index contributed by atoms with van der Waals surface area (Å²) < 4.78 is 5.02. The lowest BCUT2D eigenvalue weighted by atomic mass is 10.1. The van der Waals surface area contributed by atoms with Crippen LogP contribution in [-0.4, -0.2) is 35.9 Å². The third-order valence-electron chi connectivity index (χ3n) is 4.40. The van der Waals surface area contributed by atoms with E-state index in [9.17, 15) is 24.5 Å². The van der Waals surface area contributed by atoms with Crippen molar-refractivity contribution < 1.29 is 24.0 Å². The van der Waals surface area contributed by atoms with E-state index in [0.717, 1.165) is 0 Å². The van der Waals surface area contributed by atoms with Gasteiger partial charge in [0.05, 0.1) is 26.6 Å². The zero-order valence-electron chi connectivity index (χ0n) is 15.3. The van der Waals surface area contributed by atoms with Gasteiger partial charge in [-0.2, -0.15) is 0 Å². The number of hydrogen-bond acceptors (Lipinski definition) is 6. The molecule has 1 saturated heterocycles. The minimum Gasteiger partial charge on any atom is -0.455 e. The number of hydrogen-bond donors (Lipinski definition) is 1. The summed E-state index contributed by atoms with van der Waals surface area (Å²) in [6.07, 6.45) is -0.0858. The maximum atomic E-state index is 12.3. The van der Waals surface area contributed by atoms with E-state index in [4.69, 9.17) is 27.9 Å². The number of carbonyl (C=O) groups is 3. The number of halogens is 2. The van der Waals surface area contributed by atoms with Gasteiger partial charge in [0.1, 0.15) is 0 Å². The quantitative estimate of drug-likeness (QED) is 0.408. The van der Waals surface area contributed by atoms with Crippen LogP contribution in [0.3, 0.4) is 0 Å². The second-order valence-electron chi connectivity index (χ2n) is 6.44. The number of nitro benzene ring substituents is 1. The Balaban J connectivity index is 1.54. The number of non-ortho nitro benzene ring substituents is 1. The Hall–Kier alpha value is -3.17. The van der Waals surface area contributed by atoms with Gasteiger partial charge >= 0.3 is 5.97 Å². The van der Waals surface area contributed by atoms with E-state index in [0.29, 0.717) is 5.69 Å². The highest BCUT2D eigenvalue weighted by atomic mass is 35.5. The molecule has 1 aliphatic rings. The summed E-state index contributed by atoms with van der Waals surface area (Å²) in [5.41, 5.74) is 0.618. The molecule has 30 heavy (non-hydrogen) atoms. The molecule has 3 rings (SSSR count). The Morgan fingerprint density at radius 3 is 2.57 bits per heavy atom. The van der Waals surface area contributed by atoms with Crippen LogP contribution in [0.4, 0.5) is 17.1 Å². The monoisotopic (exact) mass is 451 g/mol. The second kappa shape index (κ2) is 9.10. The molecule has 1 heterocycles.